The van der Waals surface area contributed by atoms with Crippen LogP contribution >= 0.6 is 0 Å². The van der Waals surface area contributed by atoms with E-state index in [4.69, 9.17) is 13.9 Å². The number of carbonyl (C=O) groups excluding carboxylic acids is 1. The molecule has 3 heterocycles. The summed E-state index contributed by atoms with van der Waals surface area (Å²) in [6.07, 6.45) is 3.42. The van der Waals surface area contributed by atoms with Crippen LogP contribution in [0.25, 0.3) is 5.70 Å². The summed E-state index contributed by atoms with van der Waals surface area (Å²) in [5, 5.41) is 2.06. The summed E-state index contributed by atoms with van der Waals surface area (Å²) in [5.74, 6) is 1.69. The van der Waals surface area contributed by atoms with Crippen LogP contribution in [0.4, 0.5) is 0 Å². The molecule has 2 atom stereocenters. The van der Waals surface area contributed by atoms with Crippen molar-refractivity contribution in [1.82, 2.24) is 10.4 Å². The highest BCUT2D eigenvalue weighted by Gasteiger charge is 2.40. The average molecular weight is 436 g/mol. The molecule has 0 aliphatic carbocycles. The number of nitrogens with zero attached hydrogens (tertiary/aromatic N) is 1. The van der Waals surface area contributed by atoms with Crippen LogP contribution in [0.2, 0.25) is 0 Å². The minimum Gasteiger partial charge on any atom is -0.469 e. The van der Waals surface area contributed by atoms with Gasteiger partial charge < -0.3 is 19.3 Å². The van der Waals surface area contributed by atoms with Crippen molar-refractivity contribution < 1.29 is 18.7 Å². The van der Waals surface area contributed by atoms with Crippen molar-refractivity contribution in [3.05, 3.63) is 126 Å². The number of hydrogen-bond acceptors (Lipinski definition) is 6. The van der Waals surface area contributed by atoms with Gasteiger partial charge in [-0.2, -0.15) is 5.01 Å². The number of hydrazine groups is 1. The van der Waals surface area contributed by atoms with Gasteiger partial charge in [0, 0.05) is 11.1 Å². The van der Waals surface area contributed by atoms with Crippen LogP contribution in [0.15, 0.2) is 108 Å². The van der Waals surface area contributed by atoms with E-state index in [2.05, 4.69) is 22.6 Å². The molecule has 0 saturated heterocycles. The monoisotopic (exact) mass is 436 g/mol. The van der Waals surface area contributed by atoms with E-state index in [9.17, 15) is 4.79 Å². The lowest BCUT2D eigenvalue weighted by Gasteiger charge is -2.38. The number of furan rings is 1. The quantitative estimate of drug-likeness (QED) is 0.337. The van der Waals surface area contributed by atoms with Crippen molar-refractivity contribution in [3.63, 3.8) is 0 Å². The zero-order chi connectivity index (χ0) is 22.2. The number of para-hydroxylation sites is 1. The maximum atomic E-state index is 12.4. The van der Waals surface area contributed by atoms with Crippen molar-refractivity contribution in [2.45, 2.75) is 12.3 Å². The highest BCUT2D eigenvalue weighted by Crippen LogP contribution is 2.45. The Kier molecular flexibility index (Phi) is 4.70. The molecule has 1 aromatic heterocycles. The molecule has 3 aromatic carbocycles. The first-order valence-corrected chi connectivity index (χ1v) is 10.7. The summed E-state index contributed by atoms with van der Waals surface area (Å²) >= 11 is 0. The smallest absolute Gasteiger partial charge is 0.343 e. The standard InChI is InChI=1S/C27H20N2O4/c30-27(19-7-2-1-3-8-19)32-20-14-12-18(13-15-20)26-29-23(21-9-4-5-10-24(21)33-26)17-22(28-29)25-11-6-16-31-25/h1-17,23,26,28H/t23-,26-/m1/s1. The minimum atomic E-state index is -0.389. The number of benzene rings is 3. The molecular formula is C27H20N2O4. The van der Waals surface area contributed by atoms with E-state index >= 15 is 0 Å². The van der Waals surface area contributed by atoms with E-state index in [0.29, 0.717) is 11.3 Å². The molecule has 0 amide bonds. The van der Waals surface area contributed by atoms with Gasteiger partial charge in [0.05, 0.1) is 23.6 Å². The number of esters is 1. The van der Waals surface area contributed by atoms with Gasteiger partial charge in [-0.05, 0) is 48.5 Å². The zero-order valence-electron chi connectivity index (χ0n) is 17.5. The molecule has 0 radical (unpaired) electrons. The lowest BCUT2D eigenvalue weighted by molar-refractivity contribution is -0.0328. The fourth-order valence-electron chi connectivity index (χ4n) is 4.18. The van der Waals surface area contributed by atoms with Crippen molar-refractivity contribution in [2.24, 2.45) is 0 Å². The Morgan fingerprint density at radius 3 is 2.45 bits per heavy atom. The van der Waals surface area contributed by atoms with Gasteiger partial charge in [0.1, 0.15) is 11.5 Å². The Hall–Kier alpha value is -4.29. The van der Waals surface area contributed by atoms with Crippen LogP contribution in [-0.2, 0) is 0 Å². The maximum Gasteiger partial charge on any atom is 0.343 e. The number of carbonyl (C=O) groups is 1. The van der Waals surface area contributed by atoms with Gasteiger partial charge in [0.25, 0.3) is 0 Å². The number of nitrogens with one attached hydrogen (secondary N) is 1. The van der Waals surface area contributed by atoms with Gasteiger partial charge in [-0.25, -0.2) is 4.79 Å². The van der Waals surface area contributed by atoms with Crippen molar-refractivity contribution >= 4 is 11.7 Å². The van der Waals surface area contributed by atoms with Crippen LogP contribution in [0.5, 0.6) is 11.5 Å². The first-order chi connectivity index (χ1) is 16.3. The Balaban J connectivity index is 1.27. The predicted molar refractivity (Wildman–Crippen MR) is 122 cm³/mol. The molecule has 2 aliphatic rings. The van der Waals surface area contributed by atoms with Crippen molar-refractivity contribution in [2.75, 3.05) is 0 Å². The molecule has 1 N–H and O–H groups in total. The largest absolute Gasteiger partial charge is 0.469 e. The SMILES string of the molecule is O=C(Oc1ccc([C@H]2Oc3ccccc3[C@H]3C=C(c4ccco4)NN32)cc1)c1ccccc1. The second kappa shape index (κ2) is 8.00. The van der Waals surface area contributed by atoms with Gasteiger partial charge in [-0.3, -0.25) is 0 Å². The summed E-state index contributed by atoms with van der Waals surface area (Å²) in [7, 11) is 0. The van der Waals surface area contributed by atoms with E-state index in [-0.39, 0.29) is 18.2 Å². The molecule has 2 aliphatic heterocycles. The number of ether oxygens (including phenoxy) is 2. The minimum absolute atomic E-state index is 0.0179. The zero-order valence-corrected chi connectivity index (χ0v) is 17.5. The third-order valence-electron chi connectivity index (χ3n) is 5.77. The summed E-state index contributed by atoms with van der Waals surface area (Å²) in [5.41, 5.74) is 6.85. The molecule has 0 spiro atoms. The normalized spacial score (nSPS) is 19.0. The molecule has 6 nitrogen and oxygen atoms in total. The fraction of sp³-hybridized carbons (Fsp3) is 0.0741. The number of rotatable bonds is 4. The second-order valence-corrected chi connectivity index (χ2v) is 7.85. The van der Waals surface area contributed by atoms with Crippen LogP contribution < -0.4 is 14.9 Å². The Bertz CT molecular complexity index is 1310. The summed E-state index contributed by atoms with van der Waals surface area (Å²) in [6, 6.07) is 28.1. The van der Waals surface area contributed by atoms with E-state index in [1.165, 1.54) is 0 Å². The molecule has 33 heavy (non-hydrogen) atoms. The third-order valence-corrected chi connectivity index (χ3v) is 5.77. The topological polar surface area (TPSA) is 63.9 Å². The molecular weight excluding hydrogens is 416 g/mol. The molecule has 6 heteroatoms. The first kappa shape index (κ1) is 19.4. The van der Waals surface area contributed by atoms with Gasteiger partial charge >= 0.3 is 5.97 Å². The van der Waals surface area contributed by atoms with Crippen LogP contribution in [0.1, 0.15) is 39.5 Å². The maximum absolute atomic E-state index is 12.4. The Labute approximate surface area is 190 Å². The molecule has 0 fully saturated rings. The molecule has 6 rings (SSSR count). The van der Waals surface area contributed by atoms with Crippen LogP contribution in [-0.4, -0.2) is 11.0 Å². The molecule has 0 saturated carbocycles. The van der Waals surface area contributed by atoms with Gasteiger partial charge in [-0.1, -0.05) is 48.5 Å². The molecule has 0 bridgehead atoms. The molecule has 0 unspecified atom stereocenters. The average Bonchev–Trinajstić information content (AvgIpc) is 3.55. The fourth-order valence-corrected chi connectivity index (χ4v) is 4.18. The third kappa shape index (κ3) is 3.56. The predicted octanol–water partition coefficient (Wildman–Crippen LogP) is 5.49. The van der Waals surface area contributed by atoms with Gasteiger partial charge in [-0.15, -0.1) is 0 Å². The highest BCUT2D eigenvalue weighted by atomic mass is 16.5. The van der Waals surface area contributed by atoms with E-state index < -0.39 is 0 Å². The van der Waals surface area contributed by atoms with Crippen molar-refractivity contribution in [1.29, 1.82) is 0 Å². The lowest BCUT2D eigenvalue weighted by Crippen LogP contribution is -2.43. The molecule has 4 aromatic rings. The van der Waals surface area contributed by atoms with E-state index in [1.54, 1.807) is 30.5 Å². The van der Waals surface area contributed by atoms with E-state index in [0.717, 1.165) is 28.3 Å². The number of hydrogen-bond donors (Lipinski definition) is 1. The highest BCUT2D eigenvalue weighted by molar-refractivity contribution is 5.90. The van der Waals surface area contributed by atoms with Crippen LogP contribution in [0, 0.1) is 0 Å². The van der Waals surface area contributed by atoms with E-state index in [1.807, 2.05) is 60.7 Å². The number of fused-ring (bicyclic) bond motifs is 3. The Morgan fingerprint density at radius 1 is 0.879 bits per heavy atom. The summed E-state index contributed by atoms with van der Waals surface area (Å²) in [4.78, 5) is 12.4. The van der Waals surface area contributed by atoms with Gasteiger partial charge in [0.2, 0.25) is 0 Å². The summed E-state index contributed by atoms with van der Waals surface area (Å²) in [6.45, 7) is 0. The molecule has 162 valence electrons. The second-order valence-electron chi connectivity index (χ2n) is 7.85. The lowest BCUT2D eigenvalue weighted by atomic mass is 10.0. The van der Waals surface area contributed by atoms with Crippen LogP contribution in [0.3, 0.4) is 0 Å². The van der Waals surface area contributed by atoms with Gasteiger partial charge in [0.15, 0.2) is 12.0 Å². The summed E-state index contributed by atoms with van der Waals surface area (Å²) < 4.78 is 17.5. The van der Waals surface area contributed by atoms with Crippen molar-refractivity contribution in [3.8, 4) is 11.5 Å². The first-order valence-electron chi connectivity index (χ1n) is 10.7. The Morgan fingerprint density at radius 2 is 1.67 bits per heavy atom.